The Morgan fingerprint density at radius 1 is 0.969 bits per heavy atom. The second-order valence-corrected chi connectivity index (χ2v) is 8.27. The third-order valence-electron chi connectivity index (χ3n) is 4.32. The fourth-order valence-electron chi connectivity index (χ4n) is 2.73. The molecule has 0 atom stereocenters. The molecule has 1 aromatic heterocycles. The molecule has 0 spiro atoms. The van der Waals surface area contributed by atoms with Gasteiger partial charge in [0.15, 0.2) is 6.61 Å². The van der Waals surface area contributed by atoms with Crippen LogP contribution in [0.3, 0.4) is 0 Å². The number of hydrogen-bond acceptors (Lipinski definition) is 7. The molecule has 1 N–H and O–H groups in total. The van der Waals surface area contributed by atoms with Gasteiger partial charge in [-0.15, -0.1) is 0 Å². The van der Waals surface area contributed by atoms with Crippen molar-refractivity contribution in [3.8, 4) is 11.4 Å². The van der Waals surface area contributed by atoms with Crippen LogP contribution in [0.1, 0.15) is 16.2 Å². The first-order valence-electron chi connectivity index (χ1n) is 9.34. The van der Waals surface area contributed by atoms with Crippen LogP contribution in [-0.4, -0.2) is 24.5 Å². The van der Waals surface area contributed by atoms with Crippen molar-refractivity contribution < 1.29 is 26.9 Å². The van der Waals surface area contributed by atoms with Crippen LogP contribution in [-0.2, 0) is 21.4 Å². The molecule has 0 radical (unpaired) electrons. The van der Waals surface area contributed by atoms with Crippen molar-refractivity contribution in [3.63, 3.8) is 0 Å². The van der Waals surface area contributed by atoms with E-state index in [4.69, 9.17) is 9.26 Å². The summed E-state index contributed by atoms with van der Waals surface area (Å²) in [5.74, 6) is -0.784. The number of carbonyl (C=O) groups excluding carboxylic acids is 1. The summed E-state index contributed by atoms with van der Waals surface area (Å²) in [6.45, 7) is -0.275. The molecule has 0 unspecified atom stereocenters. The lowest BCUT2D eigenvalue weighted by Gasteiger charge is -2.08. The van der Waals surface area contributed by atoms with Gasteiger partial charge >= 0.3 is 5.97 Å². The summed E-state index contributed by atoms with van der Waals surface area (Å²) < 4.78 is 50.6. The maximum Gasteiger partial charge on any atom is 0.338 e. The summed E-state index contributed by atoms with van der Waals surface area (Å²) in [5, 5.41) is 3.77. The first-order chi connectivity index (χ1) is 15.4. The van der Waals surface area contributed by atoms with E-state index >= 15 is 0 Å². The number of benzene rings is 3. The number of hydrogen-bond donors (Lipinski definition) is 1. The third-order valence-corrected chi connectivity index (χ3v) is 5.72. The maximum atomic E-state index is 13.0. The molecule has 162 valence electrons. The number of nitrogens with zero attached hydrogens (tertiary/aromatic N) is 2. The Kier molecular flexibility index (Phi) is 5.95. The first kappa shape index (κ1) is 21.2. The smallest absolute Gasteiger partial charge is 0.338 e. The Balaban J connectivity index is 1.37. The molecule has 0 aliphatic rings. The lowest BCUT2D eigenvalue weighted by Crippen LogP contribution is -2.13. The standard InChI is InChI=1S/C22H16FN3O5S/c23-17-10-6-15(7-11-17)21-24-20(31-25-21)14-30-22(27)16-8-12-19(13-9-16)32(28,29)26-18-4-2-1-3-5-18/h1-13,26H,14H2. The zero-order valence-electron chi connectivity index (χ0n) is 16.4. The summed E-state index contributed by atoms with van der Waals surface area (Å²) in [6.07, 6.45) is 0. The van der Waals surface area contributed by atoms with Gasteiger partial charge in [-0.1, -0.05) is 23.4 Å². The van der Waals surface area contributed by atoms with E-state index in [9.17, 15) is 17.6 Å². The summed E-state index contributed by atoms with van der Waals surface area (Å²) in [5.41, 5.74) is 1.13. The first-order valence-corrected chi connectivity index (χ1v) is 10.8. The minimum Gasteiger partial charge on any atom is -0.452 e. The van der Waals surface area contributed by atoms with Crippen molar-refractivity contribution in [2.24, 2.45) is 0 Å². The van der Waals surface area contributed by atoms with E-state index < -0.39 is 16.0 Å². The number of para-hydroxylation sites is 1. The van der Waals surface area contributed by atoms with Gasteiger partial charge in [0.25, 0.3) is 15.9 Å². The molecule has 10 heteroatoms. The summed E-state index contributed by atoms with van der Waals surface area (Å²) in [6, 6.07) is 19.3. The van der Waals surface area contributed by atoms with Gasteiger partial charge in [0.2, 0.25) is 5.82 Å². The number of sulfonamides is 1. The van der Waals surface area contributed by atoms with E-state index in [-0.39, 0.29) is 34.6 Å². The topological polar surface area (TPSA) is 111 Å². The van der Waals surface area contributed by atoms with Gasteiger partial charge in [-0.3, -0.25) is 4.72 Å². The molecule has 0 saturated carbocycles. The minimum atomic E-state index is -3.80. The molecule has 1 heterocycles. The second-order valence-electron chi connectivity index (χ2n) is 6.59. The van der Waals surface area contributed by atoms with Crippen LogP contribution in [0.25, 0.3) is 11.4 Å². The predicted octanol–water partition coefficient (Wildman–Crippen LogP) is 4.03. The largest absolute Gasteiger partial charge is 0.452 e. The zero-order valence-corrected chi connectivity index (χ0v) is 17.3. The number of halogens is 1. The Morgan fingerprint density at radius 3 is 2.34 bits per heavy atom. The molecule has 8 nitrogen and oxygen atoms in total. The van der Waals surface area contributed by atoms with Crippen LogP contribution >= 0.6 is 0 Å². The number of nitrogens with one attached hydrogen (secondary N) is 1. The molecule has 3 aromatic carbocycles. The Bertz CT molecular complexity index is 1320. The maximum absolute atomic E-state index is 13.0. The molecule has 32 heavy (non-hydrogen) atoms. The lowest BCUT2D eigenvalue weighted by molar-refractivity contribution is 0.0429. The molecule has 4 aromatic rings. The Hall–Kier alpha value is -4.05. The Morgan fingerprint density at radius 2 is 1.66 bits per heavy atom. The van der Waals surface area contributed by atoms with Gasteiger partial charge in [0.1, 0.15) is 5.82 Å². The van der Waals surface area contributed by atoms with Crippen LogP contribution in [0.15, 0.2) is 88.3 Å². The fourth-order valence-corrected chi connectivity index (χ4v) is 3.79. The molecule has 0 fully saturated rings. The molecular weight excluding hydrogens is 437 g/mol. The molecule has 4 rings (SSSR count). The molecule has 0 aliphatic heterocycles. The van der Waals surface area contributed by atoms with Gasteiger partial charge in [-0.2, -0.15) is 4.98 Å². The number of carbonyl (C=O) groups is 1. The highest BCUT2D eigenvalue weighted by atomic mass is 32.2. The van der Waals surface area contributed by atoms with Crippen LogP contribution in [0.5, 0.6) is 0 Å². The van der Waals surface area contributed by atoms with Gasteiger partial charge in [0, 0.05) is 11.3 Å². The van der Waals surface area contributed by atoms with Crippen LogP contribution in [0.4, 0.5) is 10.1 Å². The van der Waals surface area contributed by atoms with Gasteiger partial charge in [-0.25, -0.2) is 17.6 Å². The van der Waals surface area contributed by atoms with Crippen LogP contribution in [0.2, 0.25) is 0 Å². The number of rotatable bonds is 7. The van der Waals surface area contributed by atoms with E-state index in [1.807, 2.05) is 0 Å². The highest BCUT2D eigenvalue weighted by Gasteiger charge is 2.17. The number of esters is 1. The van der Waals surface area contributed by atoms with E-state index in [1.165, 1.54) is 48.5 Å². The van der Waals surface area contributed by atoms with Crippen molar-refractivity contribution in [1.82, 2.24) is 10.1 Å². The quantitative estimate of drug-likeness (QED) is 0.421. The molecule has 0 saturated heterocycles. The predicted molar refractivity (Wildman–Crippen MR) is 113 cm³/mol. The third kappa shape index (κ3) is 4.98. The fraction of sp³-hybridized carbons (Fsp3) is 0.0455. The number of anilines is 1. The molecule has 0 amide bonds. The molecule has 0 aliphatic carbocycles. The van der Waals surface area contributed by atoms with Crippen molar-refractivity contribution in [2.75, 3.05) is 4.72 Å². The Labute approximate surface area is 182 Å². The summed E-state index contributed by atoms with van der Waals surface area (Å²) >= 11 is 0. The van der Waals surface area contributed by atoms with Crippen LogP contribution in [0, 0.1) is 5.82 Å². The van der Waals surface area contributed by atoms with Crippen LogP contribution < -0.4 is 4.72 Å². The molecular formula is C22H16FN3O5S. The zero-order chi connectivity index (χ0) is 22.6. The van der Waals surface area contributed by atoms with Gasteiger partial charge in [-0.05, 0) is 60.7 Å². The minimum absolute atomic E-state index is 0.00116. The van der Waals surface area contributed by atoms with Gasteiger partial charge < -0.3 is 9.26 Å². The average Bonchev–Trinajstić information content (AvgIpc) is 3.27. The SMILES string of the molecule is O=C(OCc1nc(-c2ccc(F)cc2)no1)c1ccc(S(=O)(=O)Nc2ccccc2)cc1. The van der Waals surface area contributed by atoms with Crippen molar-refractivity contribution in [3.05, 3.63) is 96.1 Å². The van der Waals surface area contributed by atoms with Crippen molar-refractivity contribution in [2.45, 2.75) is 11.5 Å². The number of aromatic nitrogens is 2. The van der Waals surface area contributed by atoms with E-state index in [0.29, 0.717) is 11.3 Å². The second kappa shape index (κ2) is 8.98. The van der Waals surface area contributed by atoms with Crippen molar-refractivity contribution >= 4 is 21.7 Å². The van der Waals surface area contributed by atoms with Gasteiger partial charge in [0.05, 0.1) is 10.5 Å². The normalized spacial score (nSPS) is 11.2. The highest BCUT2D eigenvalue weighted by molar-refractivity contribution is 7.92. The van der Waals surface area contributed by atoms with Crippen molar-refractivity contribution in [1.29, 1.82) is 0 Å². The summed E-state index contributed by atoms with van der Waals surface area (Å²) in [7, 11) is -3.80. The molecule has 0 bridgehead atoms. The lowest BCUT2D eigenvalue weighted by atomic mass is 10.2. The highest BCUT2D eigenvalue weighted by Crippen LogP contribution is 2.18. The van der Waals surface area contributed by atoms with E-state index in [1.54, 1.807) is 30.3 Å². The monoisotopic (exact) mass is 453 g/mol. The summed E-state index contributed by atoms with van der Waals surface area (Å²) in [4.78, 5) is 16.4. The van der Waals surface area contributed by atoms with E-state index in [2.05, 4.69) is 14.9 Å². The number of ether oxygens (including phenoxy) is 1. The average molecular weight is 453 g/mol. The van der Waals surface area contributed by atoms with E-state index in [0.717, 1.165) is 0 Å².